The summed E-state index contributed by atoms with van der Waals surface area (Å²) in [5.74, 6) is 0.161. The monoisotopic (exact) mass is 209 g/mol. The van der Waals surface area contributed by atoms with E-state index in [0.29, 0.717) is 12.4 Å². The van der Waals surface area contributed by atoms with Crippen LogP contribution in [0.2, 0.25) is 0 Å². The number of ether oxygens (including phenoxy) is 1. The molecule has 0 aliphatic carbocycles. The zero-order valence-corrected chi connectivity index (χ0v) is 7.88. The van der Waals surface area contributed by atoms with Gasteiger partial charge in [0.05, 0.1) is 4.88 Å². The number of thiophene rings is 1. The van der Waals surface area contributed by atoms with E-state index in [-0.39, 0.29) is 24.3 Å². The smallest absolute Gasteiger partial charge is 0.176 e. The van der Waals surface area contributed by atoms with Crippen molar-refractivity contribution in [1.29, 1.82) is 0 Å². The molecule has 0 fully saturated rings. The molecule has 0 spiro atoms. The highest BCUT2D eigenvalue weighted by molar-refractivity contribution is 7.10. The molecule has 2 N–H and O–H groups in total. The van der Waals surface area contributed by atoms with E-state index in [4.69, 9.17) is 10.5 Å². The third kappa shape index (κ3) is 1.55. The molecule has 0 radical (unpaired) electrons. The van der Waals surface area contributed by atoms with Crippen molar-refractivity contribution in [2.45, 2.75) is 12.5 Å². The Hall–Kier alpha value is -0.320. The summed E-state index contributed by atoms with van der Waals surface area (Å²) in [4.78, 5) is 0.932. The Balaban J connectivity index is 0.000000720. The zero-order chi connectivity index (χ0) is 7.84. The Labute approximate surface area is 79.9 Å². The van der Waals surface area contributed by atoms with Crippen LogP contribution in [0, 0.1) is 5.82 Å². The molecule has 1 aromatic rings. The first-order chi connectivity index (χ1) is 5.27. The second-order valence-electron chi connectivity index (χ2n) is 2.61. The minimum absolute atomic E-state index is 0. The first-order valence-corrected chi connectivity index (χ1v) is 4.29. The summed E-state index contributed by atoms with van der Waals surface area (Å²) in [6, 6.07) is 0.0283. The van der Waals surface area contributed by atoms with E-state index in [1.165, 1.54) is 16.7 Å². The van der Waals surface area contributed by atoms with Gasteiger partial charge in [0.1, 0.15) is 6.61 Å². The molecule has 0 bridgehead atoms. The summed E-state index contributed by atoms with van der Waals surface area (Å²) in [5, 5.41) is 1.46. The fraction of sp³-hybridized carbons (Fsp3) is 0.429. The predicted octanol–water partition coefficient (Wildman–Crippen LogP) is 1.57. The van der Waals surface area contributed by atoms with Crippen molar-refractivity contribution in [2.75, 3.05) is 6.61 Å². The summed E-state index contributed by atoms with van der Waals surface area (Å²) in [6.07, 6.45) is 0.740. The third-order valence-corrected chi connectivity index (χ3v) is 2.63. The van der Waals surface area contributed by atoms with Gasteiger partial charge in [-0.2, -0.15) is 0 Å². The molecule has 1 atom stereocenters. The average Bonchev–Trinajstić information content (AvgIpc) is 2.32. The minimum Gasteiger partial charge on any atom is -0.488 e. The molecule has 1 aliphatic rings. The second-order valence-corrected chi connectivity index (χ2v) is 3.58. The molecule has 68 valence electrons. The van der Waals surface area contributed by atoms with Crippen LogP contribution in [0.25, 0.3) is 0 Å². The number of halogens is 2. The fourth-order valence-electron chi connectivity index (χ4n) is 1.14. The molecule has 5 heteroatoms. The molecule has 1 aliphatic heterocycles. The van der Waals surface area contributed by atoms with Gasteiger partial charge in [-0.15, -0.1) is 23.7 Å². The SMILES string of the molecule is Cl.NC1COc2c(F)csc2C1. The molecular weight excluding hydrogens is 201 g/mol. The Morgan fingerprint density at radius 2 is 2.42 bits per heavy atom. The number of hydrogen-bond acceptors (Lipinski definition) is 3. The van der Waals surface area contributed by atoms with Gasteiger partial charge in [0.25, 0.3) is 0 Å². The maximum absolute atomic E-state index is 12.8. The highest BCUT2D eigenvalue weighted by Crippen LogP contribution is 2.32. The van der Waals surface area contributed by atoms with Crippen LogP contribution in [0.4, 0.5) is 4.39 Å². The topological polar surface area (TPSA) is 35.2 Å². The Morgan fingerprint density at radius 1 is 1.67 bits per heavy atom. The molecule has 0 saturated heterocycles. The summed E-state index contributed by atoms with van der Waals surface area (Å²) in [5.41, 5.74) is 5.62. The highest BCUT2D eigenvalue weighted by Gasteiger charge is 2.21. The van der Waals surface area contributed by atoms with Gasteiger partial charge in [0.2, 0.25) is 0 Å². The van der Waals surface area contributed by atoms with Crippen LogP contribution in [0.1, 0.15) is 4.88 Å². The van der Waals surface area contributed by atoms with E-state index >= 15 is 0 Å². The molecule has 0 saturated carbocycles. The first kappa shape index (κ1) is 9.77. The Kier molecular flexibility index (Phi) is 2.93. The third-order valence-electron chi connectivity index (χ3n) is 1.66. The van der Waals surface area contributed by atoms with Gasteiger partial charge in [-0.1, -0.05) is 0 Å². The quantitative estimate of drug-likeness (QED) is 0.704. The van der Waals surface area contributed by atoms with Crippen molar-refractivity contribution in [3.8, 4) is 5.75 Å². The van der Waals surface area contributed by atoms with E-state index in [9.17, 15) is 4.39 Å². The molecule has 12 heavy (non-hydrogen) atoms. The maximum Gasteiger partial charge on any atom is 0.176 e. The van der Waals surface area contributed by atoms with Crippen LogP contribution in [-0.2, 0) is 6.42 Å². The van der Waals surface area contributed by atoms with E-state index in [2.05, 4.69) is 0 Å². The number of nitrogens with two attached hydrogens (primary N) is 1. The van der Waals surface area contributed by atoms with Crippen LogP contribution in [0.15, 0.2) is 5.38 Å². The van der Waals surface area contributed by atoms with Gasteiger partial charge in [0.15, 0.2) is 11.6 Å². The number of hydrogen-bond donors (Lipinski definition) is 1. The van der Waals surface area contributed by atoms with E-state index in [0.717, 1.165) is 11.3 Å². The fourth-order valence-corrected chi connectivity index (χ4v) is 2.07. The minimum atomic E-state index is -0.253. The molecule has 2 rings (SSSR count). The van der Waals surface area contributed by atoms with Gasteiger partial charge >= 0.3 is 0 Å². The maximum atomic E-state index is 12.8. The van der Waals surface area contributed by atoms with Crippen LogP contribution < -0.4 is 10.5 Å². The lowest BCUT2D eigenvalue weighted by Gasteiger charge is -2.18. The van der Waals surface area contributed by atoms with Crippen LogP contribution in [-0.4, -0.2) is 12.6 Å². The summed E-state index contributed by atoms with van der Waals surface area (Å²) < 4.78 is 17.9. The van der Waals surface area contributed by atoms with E-state index in [1.54, 1.807) is 0 Å². The van der Waals surface area contributed by atoms with Crippen molar-refractivity contribution < 1.29 is 9.13 Å². The molecule has 1 aromatic heterocycles. The first-order valence-electron chi connectivity index (χ1n) is 3.41. The normalized spacial score (nSPS) is 20.7. The summed E-state index contributed by atoms with van der Waals surface area (Å²) in [7, 11) is 0. The van der Waals surface area contributed by atoms with Crippen LogP contribution >= 0.6 is 23.7 Å². The predicted molar refractivity (Wildman–Crippen MR) is 48.7 cm³/mol. The number of rotatable bonds is 0. The molecule has 2 nitrogen and oxygen atoms in total. The van der Waals surface area contributed by atoms with Gasteiger partial charge < -0.3 is 10.5 Å². The average molecular weight is 210 g/mol. The van der Waals surface area contributed by atoms with Crippen LogP contribution in [0.3, 0.4) is 0 Å². The van der Waals surface area contributed by atoms with E-state index < -0.39 is 0 Å². The highest BCUT2D eigenvalue weighted by atomic mass is 35.5. The lowest BCUT2D eigenvalue weighted by molar-refractivity contribution is 0.255. The van der Waals surface area contributed by atoms with Gasteiger partial charge in [-0.3, -0.25) is 0 Å². The van der Waals surface area contributed by atoms with Crippen molar-refractivity contribution in [3.05, 3.63) is 16.1 Å². The van der Waals surface area contributed by atoms with Crippen molar-refractivity contribution in [3.63, 3.8) is 0 Å². The summed E-state index contributed by atoms with van der Waals surface area (Å²) >= 11 is 1.38. The van der Waals surface area contributed by atoms with Crippen molar-refractivity contribution >= 4 is 23.7 Å². The van der Waals surface area contributed by atoms with Gasteiger partial charge in [0, 0.05) is 17.8 Å². The largest absolute Gasteiger partial charge is 0.488 e. The molecule has 0 aromatic carbocycles. The number of fused-ring (bicyclic) bond motifs is 1. The van der Waals surface area contributed by atoms with Crippen LogP contribution in [0.5, 0.6) is 5.75 Å². The molecule has 2 heterocycles. The Bertz CT molecular complexity index is 278. The second kappa shape index (κ2) is 3.60. The zero-order valence-electron chi connectivity index (χ0n) is 6.25. The van der Waals surface area contributed by atoms with Gasteiger partial charge in [-0.05, 0) is 0 Å². The lowest BCUT2D eigenvalue weighted by atomic mass is 10.1. The molecule has 0 amide bonds. The molecule has 1 unspecified atom stereocenters. The van der Waals surface area contributed by atoms with Crippen molar-refractivity contribution in [2.24, 2.45) is 5.73 Å². The van der Waals surface area contributed by atoms with Gasteiger partial charge in [-0.25, -0.2) is 4.39 Å². The summed E-state index contributed by atoms with van der Waals surface area (Å²) in [6.45, 7) is 0.431. The molecular formula is C7H9ClFNOS. The van der Waals surface area contributed by atoms with E-state index in [1.807, 2.05) is 0 Å². The lowest BCUT2D eigenvalue weighted by Crippen LogP contribution is -2.33. The Morgan fingerprint density at radius 3 is 3.17 bits per heavy atom. The standard InChI is InChI=1S/C7H8FNOS.ClH/c8-5-3-11-6-1-4(9)2-10-7(5)6;/h3-4H,1-2,9H2;1H. The van der Waals surface area contributed by atoms with Crippen molar-refractivity contribution in [1.82, 2.24) is 0 Å².